The van der Waals surface area contributed by atoms with Crippen molar-refractivity contribution in [2.75, 3.05) is 13.6 Å². The fourth-order valence-corrected chi connectivity index (χ4v) is 2.27. The predicted molar refractivity (Wildman–Crippen MR) is 84.4 cm³/mol. The Balaban J connectivity index is 2.98. The minimum Gasteiger partial charge on any atom is -0.304 e. The molecule has 0 spiro atoms. The van der Waals surface area contributed by atoms with E-state index in [0.29, 0.717) is 6.04 Å². The van der Waals surface area contributed by atoms with Crippen LogP contribution in [0.2, 0.25) is 0 Å². The van der Waals surface area contributed by atoms with E-state index in [2.05, 4.69) is 51.0 Å². The van der Waals surface area contributed by atoms with Crippen molar-refractivity contribution in [3.05, 3.63) is 35.9 Å². The number of nitrogens with zero attached hydrogens (tertiary/aromatic N) is 2. The van der Waals surface area contributed by atoms with E-state index in [-0.39, 0.29) is 6.04 Å². The molecule has 0 aliphatic heterocycles. The fraction of sp³-hybridized carbons (Fsp3) is 0.588. The molecule has 0 amide bonds. The predicted octanol–water partition coefficient (Wildman–Crippen LogP) is 3.13. The van der Waals surface area contributed by atoms with E-state index in [1.54, 1.807) is 0 Å². The molecule has 3 nitrogen and oxygen atoms in total. The Morgan fingerprint density at radius 3 is 2.25 bits per heavy atom. The highest BCUT2D eigenvalue weighted by Crippen LogP contribution is 2.25. The Morgan fingerprint density at radius 2 is 1.80 bits per heavy atom. The van der Waals surface area contributed by atoms with Gasteiger partial charge >= 0.3 is 0 Å². The van der Waals surface area contributed by atoms with Crippen molar-refractivity contribution in [3.63, 3.8) is 0 Å². The molecule has 1 aromatic carbocycles. The molecule has 0 radical (unpaired) electrons. The van der Waals surface area contributed by atoms with Crippen molar-refractivity contribution in [1.82, 2.24) is 10.2 Å². The molecule has 1 atom stereocenters. The first-order chi connectivity index (χ1) is 9.41. The van der Waals surface area contributed by atoms with Gasteiger partial charge in [0.15, 0.2) is 0 Å². The molecule has 0 saturated carbocycles. The summed E-state index contributed by atoms with van der Waals surface area (Å²) in [6.45, 7) is 9.40. The van der Waals surface area contributed by atoms with Crippen LogP contribution >= 0.6 is 0 Å². The van der Waals surface area contributed by atoms with Gasteiger partial charge in [0.2, 0.25) is 0 Å². The SMILES string of the molecule is CC(C)NC(C#N)(CCN(C)C(C)C)c1ccccc1. The summed E-state index contributed by atoms with van der Waals surface area (Å²) in [6, 6.07) is 13.3. The molecule has 3 heteroatoms. The standard InChI is InChI=1S/C17H27N3/c1-14(2)19-17(13-18,11-12-20(5)15(3)4)16-9-7-6-8-10-16/h6-10,14-15,19H,11-12H2,1-5H3. The van der Waals surface area contributed by atoms with Crippen molar-refractivity contribution in [2.45, 2.75) is 51.7 Å². The molecule has 1 N–H and O–H groups in total. The molecule has 0 heterocycles. The molecule has 0 bridgehead atoms. The number of nitrogens with one attached hydrogen (secondary N) is 1. The maximum atomic E-state index is 9.80. The van der Waals surface area contributed by atoms with Crippen molar-refractivity contribution in [3.8, 4) is 6.07 Å². The third-order valence-electron chi connectivity index (χ3n) is 3.71. The molecular formula is C17H27N3. The lowest BCUT2D eigenvalue weighted by atomic mass is 9.87. The number of nitriles is 1. The van der Waals surface area contributed by atoms with Crippen LogP contribution in [0, 0.1) is 11.3 Å². The highest BCUT2D eigenvalue weighted by molar-refractivity contribution is 5.31. The molecule has 1 rings (SSSR count). The molecule has 0 fully saturated rings. The van der Waals surface area contributed by atoms with E-state index in [1.165, 1.54) is 0 Å². The van der Waals surface area contributed by atoms with E-state index in [9.17, 15) is 5.26 Å². The topological polar surface area (TPSA) is 39.1 Å². The van der Waals surface area contributed by atoms with Crippen LogP contribution < -0.4 is 5.32 Å². The normalized spacial score (nSPS) is 14.6. The second-order valence-electron chi connectivity index (χ2n) is 6.01. The van der Waals surface area contributed by atoms with Crippen LogP contribution in [-0.2, 0) is 5.54 Å². The highest BCUT2D eigenvalue weighted by atomic mass is 15.1. The second-order valence-corrected chi connectivity index (χ2v) is 6.01. The Kier molecular flexibility index (Phi) is 6.19. The van der Waals surface area contributed by atoms with Gasteiger partial charge in [0.25, 0.3) is 0 Å². The largest absolute Gasteiger partial charge is 0.304 e. The van der Waals surface area contributed by atoms with Crippen molar-refractivity contribution < 1.29 is 0 Å². The van der Waals surface area contributed by atoms with Gasteiger partial charge in [-0.2, -0.15) is 5.26 Å². The number of rotatable bonds is 7. The molecule has 0 aromatic heterocycles. The number of hydrogen-bond acceptors (Lipinski definition) is 3. The zero-order valence-corrected chi connectivity index (χ0v) is 13.4. The molecule has 1 unspecified atom stereocenters. The summed E-state index contributed by atoms with van der Waals surface area (Å²) >= 11 is 0. The lowest BCUT2D eigenvalue weighted by Crippen LogP contribution is -2.47. The van der Waals surface area contributed by atoms with Gasteiger partial charge < -0.3 is 4.90 Å². The quantitative estimate of drug-likeness (QED) is 0.829. The van der Waals surface area contributed by atoms with Crippen LogP contribution in [0.1, 0.15) is 39.7 Å². The fourth-order valence-electron chi connectivity index (χ4n) is 2.27. The lowest BCUT2D eigenvalue weighted by molar-refractivity contribution is 0.234. The van der Waals surface area contributed by atoms with E-state index in [0.717, 1.165) is 18.5 Å². The molecule has 110 valence electrons. The minimum atomic E-state index is -0.613. The summed E-state index contributed by atoms with van der Waals surface area (Å²) < 4.78 is 0. The maximum Gasteiger partial charge on any atom is 0.133 e. The first-order valence-electron chi connectivity index (χ1n) is 7.36. The molecule has 0 aliphatic rings. The van der Waals surface area contributed by atoms with Crippen LogP contribution in [0.4, 0.5) is 0 Å². The molecule has 1 aromatic rings. The zero-order valence-electron chi connectivity index (χ0n) is 13.4. The van der Waals surface area contributed by atoms with Gasteiger partial charge in [0.1, 0.15) is 5.54 Å². The average Bonchev–Trinajstić information content (AvgIpc) is 2.43. The Labute approximate surface area is 123 Å². The summed E-state index contributed by atoms with van der Waals surface area (Å²) in [4.78, 5) is 2.27. The number of benzene rings is 1. The van der Waals surface area contributed by atoms with Crippen LogP contribution in [0.25, 0.3) is 0 Å². The van der Waals surface area contributed by atoms with Gasteiger partial charge in [-0.25, -0.2) is 0 Å². The van der Waals surface area contributed by atoms with Crippen LogP contribution in [-0.4, -0.2) is 30.6 Å². The van der Waals surface area contributed by atoms with Crippen molar-refractivity contribution in [1.29, 1.82) is 5.26 Å². The summed E-state index contributed by atoms with van der Waals surface area (Å²) in [5.74, 6) is 0. The van der Waals surface area contributed by atoms with E-state index in [1.807, 2.05) is 30.3 Å². The smallest absolute Gasteiger partial charge is 0.133 e. The molecule has 20 heavy (non-hydrogen) atoms. The van der Waals surface area contributed by atoms with Gasteiger partial charge in [0, 0.05) is 18.6 Å². The first kappa shape index (κ1) is 16.7. The van der Waals surface area contributed by atoms with Gasteiger partial charge in [-0.15, -0.1) is 0 Å². The summed E-state index contributed by atoms with van der Waals surface area (Å²) in [5, 5.41) is 13.3. The van der Waals surface area contributed by atoms with Gasteiger partial charge in [0.05, 0.1) is 6.07 Å². The minimum absolute atomic E-state index is 0.263. The van der Waals surface area contributed by atoms with E-state index >= 15 is 0 Å². The molecular weight excluding hydrogens is 246 g/mol. The second kappa shape index (κ2) is 7.42. The first-order valence-corrected chi connectivity index (χ1v) is 7.36. The Morgan fingerprint density at radius 1 is 1.20 bits per heavy atom. The summed E-state index contributed by atoms with van der Waals surface area (Å²) in [5.41, 5.74) is 0.437. The van der Waals surface area contributed by atoms with Crippen molar-refractivity contribution >= 4 is 0 Å². The zero-order chi connectivity index (χ0) is 15.2. The third kappa shape index (κ3) is 4.33. The lowest BCUT2D eigenvalue weighted by Gasteiger charge is -2.33. The molecule has 0 saturated heterocycles. The van der Waals surface area contributed by atoms with Crippen LogP contribution in [0.15, 0.2) is 30.3 Å². The van der Waals surface area contributed by atoms with Crippen molar-refractivity contribution in [2.24, 2.45) is 0 Å². The van der Waals surface area contributed by atoms with Gasteiger partial charge in [-0.05, 0) is 46.7 Å². The van der Waals surface area contributed by atoms with E-state index in [4.69, 9.17) is 0 Å². The maximum absolute atomic E-state index is 9.80. The van der Waals surface area contributed by atoms with Gasteiger partial charge in [-0.3, -0.25) is 5.32 Å². The number of hydrogen-bond donors (Lipinski definition) is 1. The Bertz CT molecular complexity index is 433. The molecule has 0 aliphatic carbocycles. The van der Waals surface area contributed by atoms with Crippen LogP contribution in [0.5, 0.6) is 0 Å². The monoisotopic (exact) mass is 273 g/mol. The summed E-state index contributed by atoms with van der Waals surface area (Å²) in [6.07, 6.45) is 0.778. The Hall–Kier alpha value is -1.37. The highest BCUT2D eigenvalue weighted by Gasteiger charge is 2.32. The summed E-state index contributed by atoms with van der Waals surface area (Å²) in [7, 11) is 2.10. The third-order valence-corrected chi connectivity index (χ3v) is 3.71. The van der Waals surface area contributed by atoms with Gasteiger partial charge in [-0.1, -0.05) is 30.3 Å². The van der Waals surface area contributed by atoms with Crippen LogP contribution in [0.3, 0.4) is 0 Å². The average molecular weight is 273 g/mol. The van der Waals surface area contributed by atoms with E-state index < -0.39 is 5.54 Å².